The van der Waals surface area contributed by atoms with Crippen molar-refractivity contribution in [2.24, 2.45) is 0 Å². The fourth-order valence-electron chi connectivity index (χ4n) is 3.35. The van der Waals surface area contributed by atoms with Gasteiger partial charge in [0.25, 0.3) is 21.8 Å². The predicted molar refractivity (Wildman–Crippen MR) is 147 cm³/mol. The molecule has 0 aliphatic rings. The summed E-state index contributed by atoms with van der Waals surface area (Å²) >= 11 is 1.16. The summed E-state index contributed by atoms with van der Waals surface area (Å²) in [5.41, 5.74) is 1.68. The minimum absolute atomic E-state index is 0.00376. The molecule has 0 atom stereocenters. The fourth-order valence-corrected chi connectivity index (χ4v) is 5.14. The third kappa shape index (κ3) is 6.75. The van der Waals surface area contributed by atoms with Crippen LogP contribution in [0.5, 0.6) is 0 Å². The molecule has 38 heavy (non-hydrogen) atoms. The maximum atomic E-state index is 13.1. The number of aromatic nitrogens is 1. The zero-order valence-electron chi connectivity index (χ0n) is 20.9. The van der Waals surface area contributed by atoms with E-state index < -0.39 is 21.8 Å². The van der Waals surface area contributed by atoms with Gasteiger partial charge >= 0.3 is 0 Å². The predicted octanol–water partition coefficient (Wildman–Crippen LogP) is 5.24. The molecule has 0 saturated carbocycles. The fraction of sp³-hybridized carbons (Fsp3) is 0.148. The molecule has 2 amide bonds. The van der Waals surface area contributed by atoms with Crippen molar-refractivity contribution in [2.75, 3.05) is 10.0 Å². The molecule has 0 fully saturated rings. The van der Waals surface area contributed by atoms with Crippen molar-refractivity contribution in [3.05, 3.63) is 101 Å². The second-order valence-corrected chi connectivity index (χ2v) is 11.9. The third-order valence-corrected chi connectivity index (χ3v) is 7.58. The topological polar surface area (TPSA) is 130 Å². The summed E-state index contributed by atoms with van der Waals surface area (Å²) in [6.45, 7) is 6.24. The van der Waals surface area contributed by atoms with Crippen molar-refractivity contribution in [2.45, 2.75) is 31.1 Å². The molecule has 0 saturated heterocycles. The summed E-state index contributed by atoms with van der Waals surface area (Å²) in [5, 5.41) is 7.23. The molecule has 4 rings (SSSR count). The van der Waals surface area contributed by atoms with Gasteiger partial charge in [0.05, 0.1) is 11.2 Å². The number of carbonyl (C=O) groups excluding carboxylic acids is 2. The molecule has 3 N–H and O–H groups in total. The number of rotatable bonds is 8. The molecular weight excluding hydrogens is 524 g/mol. The van der Waals surface area contributed by atoms with Crippen molar-refractivity contribution in [1.82, 2.24) is 10.3 Å². The van der Waals surface area contributed by atoms with Crippen LogP contribution in [0, 0.1) is 0 Å². The van der Waals surface area contributed by atoms with Crippen LogP contribution in [0.3, 0.4) is 0 Å². The summed E-state index contributed by atoms with van der Waals surface area (Å²) in [6, 6.07) is 16.1. The maximum Gasteiger partial charge on any atom is 0.272 e. The van der Waals surface area contributed by atoms with E-state index >= 15 is 0 Å². The van der Waals surface area contributed by atoms with Gasteiger partial charge in [-0.05, 0) is 59.5 Å². The SMILES string of the molecule is CC(C)(C)c1ccc(C(=O)N/C(=C/c2ccco2)C(=O)Nc2ccc(S(=O)(=O)Nc3nccs3)cc2)cc1. The molecule has 2 aromatic carbocycles. The molecule has 2 aromatic heterocycles. The second-order valence-electron chi connectivity index (χ2n) is 9.28. The van der Waals surface area contributed by atoms with Crippen molar-refractivity contribution < 1.29 is 22.4 Å². The largest absolute Gasteiger partial charge is 0.465 e. The highest BCUT2D eigenvalue weighted by Gasteiger charge is 2.19. The molecule has 196 valence electrons. The Bertz CT molecular complexity index is 1540. The van der Waals surface area contributed by atoms with E-state index in [4.69, 9.17) is 4.42 Å². The standard InChI is InChI=1S/C27H26N4O5S2/c1-27(2,3)19-8-6-18(7-9-19)24(32)30-23(17-21-5-4-15-36-21)25(33)29-20-10-12-22(13-11-20)38(34,35)31-26-28-14-16-37-26/h4-17H,1-3H3,(H,28,31)(H,29,33)(H,30,32)/b23-17+. The summed E-state index contributed by atoms with van der Waals surface area (Å²) in [6.07, 6.45) is 4.36. The number of furan rings is 1. The first-order valence-corrected chi connectivity index (χ1v) is 13.9. The first-order valence-electron chi connectivity index (χ1n) is 11.5. The molecule has 4 aromatic rings. The van der Waals surface area contributed by atoms with E-state index in [1.165, 1.54) is 42.8 Å². The Hall–Kier alpha value is -4.22. The lowest BCUT2D eigenvalue weighted by atomic mass is 9.87. The molecule has 0 aliphatic carbocycles. The Balaban J connectivity index is 1.50. The van der Waals surface area contributed by atoms with Gasteiger partial charge in [0.15, 0.2) is 5.13 Å². The van der Waals surface area contributed by atoms with Crippen LogP contribution in [0.1, 0.15) is 42.5 Å². The van der Waals surface area contributed by atoms with Crippen LogP contribution in [0.25, 0.3) is 6.08 Å². The first-order chi connectivity index (χ1) is 18.0. The van der Waals surface area contributed by atoms with E-state index in [0.717, 1.165) is 16.9 Å². The van der Waals surface area contributed by atoms with Crippen LogP contribution in [-0.4, -0.2) is 25.2 Å². The van der Waals surface area contributed by atoms with Gasteiger partial charge in [0.1, 0.15) is 11.5 Å². The molecule has 11 heteroatoms. The molecule has 9 nitrogen and oxygen atoms in total. The molecule has 0 spiro atoms. The molecule has 2 heterocycles. The lowest BCUT2D eigenvalue weighted by Crippen LogP contribution is -2.30. The van der Waals surface area contributed by atoms with Gasteiger partial charge in [0.2, 0.25) is 0 Å². The highest BCUT2D eigenvalue weighted by molar-refractivity contribution is 7.93. The van der Waals surface area contributed by atoms with Gasteiger partial charge in [-0.15, -0.1) is 11.3 Å². The van der Waals surface area contributed by atoms with Gasteiger partial charge in [-0.3, -0.25) is 14.3 Å². The zero-order chi connectivity index (χ0) is 27.3. The quantitative estimate of drug-likeness (QED) is 0.257. The number of nitrogens with zero attached hydrogens (tertiary/aromatic N) is 1. The lowest BCUT2D eigenvalue weighted by Gasteiger charge is -2.19. The van der Waals surface area contributed by atoms with Crippen LogP contribution in [0.15, 0.2) is 93.5 Å². The number of carbonyl (C=O) groups is 2. The molecular formula is C27H26N4O5S2. The average Bonchev–Trinajstić information content (AvgIpc) is 3.58. The van der Waals surface area contributed by atoms with Gasteiger partial charge in [-0.2, -0.15) is 0 Å². The zero-order valence-corrected chi connectivity index (χ0v) is 22.5. The number of nitrogens with one attached hydrogen (secondary N) is 3. The van der Waals surface area contributed by atoms with E-state index in [1.807, 2.05) is 12.1 Å². The van der Waals surface area contributed by atoms with Crippen molar-refractivity contribution >= 4 is 50.1 Å². The maximum absolute atomic E-state index is 13.1. The van der Waals surface area contributed by atoms with Crippen LogP contribution in [0.2, 0.25) is 0 Å². The van der Waals surface area contributed by atoms with E-state index in [0.29, 0.717) is 17.0 Å². The summed E-state index contributed by atoms with van der Waals surface area (Å²) in [5.74, 6) is -0.709. The number of anilines is 2. The third-order valence-electron chi connectivity index (χ3n) is 5.41. The first kappa shape index (κ1) is 26.8. The summed E-state index contributed by atoms with van der Waals surface area (Å²) in [7, 11) is -3.83. The van der Waals surface area contributed by atoms with Crippen LogP contribution in [0.4, 0.5) is 10.8 Å². The summed E-state index contributed by atoms with van der Waals surface area (Å²) < 4.78 is 32.8. The normalized spacial score (nSPS) is 12.1. The molecule has 0 aliphatic heterocycles. The number of benzene rings is 2. The molecule has 0 bridgehead atoms. The Kier molecular flexibility index (Phi) is 7.79. The highest BCUT2D eigenvalue weighted by atomic mass is 32.2. The minimum Gasteiger partial charge on any atom is -0.465 e. The number of sulfonamides is 1. The van der Waals surface area contributed by atoms with Crippen molar-refractivity contribution in [3.63, 3.8) is 0 Å². The monoisotopic (exact) mass is 550 g/mol. The van der Waals surface area contributed by atoms with E-state index in [2.05, 4.69) is 41.1 Å². The van der Waals surface area contributed by atoms with Gasteiger partial charge in [0, 0.05) is 28.9 Å². The van der Waals surface area contributed by atoms with Crippen molar-refractivity contribution in [3.8, 4) is 0 Å². The Morgan fingerprint density at radius 1 is 1.00 bits per heavy atom. The number of hydrogen-bond acceptors (Lipinski definition) is 7. The van der Waals surface area contributed by atoms with E-state index in [9.17, 15) is 18.0 Å². The Morgan fingerprint density at radius 2 is 1.71 bits per heavy atom. The van der Waals surface area contributed by atoms with E-state index in [1.54, 1.807) is 29.6 Å². The van der Waals surface area contributed by atoms with Crippen molar-refractivity contribution in [1.29, 1.82) is 0 Å². The van der Waals surface area contributed by atoms with Crippen LogP contribution >= 0.6 is 11.3 Å². The second kappa shape index (κ2) is 11.0. The minimum atomic E-state index is -3.83. The number of amides is 2. The Labute approximate surface area is 224 Å². The van der Waals surface area contributed by atoms with Gasteiger partial charge < -0.3 is 15.1 Å². The number of thiazole rings is 1. The van der Waals surface area contributed by atoms with Gasteiger partial charge in [-0.25, -0.2) is 13.4 Å². The van der Waals surface area contributed by atoms with E-state index in [-0.39, 0.29) is 21.1 Å². The van der Waals surface area contributed by atoms with Gasteiger partial charge in [-0.1, -0.05) is 32.9 Å². The molecule has 0 unspecified atom stereocenters. The highest BCUT2D eigenvalue weighted by Crippen LogP contribution is 2.23. The smallest absolute Gasteiger partial charge is 0.272 e. The van der Waals surface area contributed by atoms with Crippen LogP contribution < -0.4 is 15.4 Å². The Morgan fingerprint density at radius 3 is 2.29 bits per heavy atom. The summed E-state index contributed by atoms with van der Waals surface area (Å²) in [4.78, 5) is 30.0. The lowest BCUT2D eigenvalue weighted by molar-refractivity contribution is -0.113. The van der Waals surface area contributed by atoms with Crippen LogP contribution in [-0.2, 0) is 20.2 Å². The molecule has 0 radical (unpaired) electrons. The number of hydrogen-bond donors (Lipinski definition) is 3. The average molecular weight is 551 g/mol.